The minimum Gasteiger partial charge on any atom is -0.480 e. The summed E-state index contributed by atoms with van der Waals surface area (Å²) in [7, 11) is 0. The molecule has 0 fully saturated rings. The second kappa shape index (κ2) is 11.1. The number of aryl methyl sites for hydroxylation is 1. The maximum absolute atomic E-state index is 12.2. The van der Waals surface area contributed by atoms with Crippen LogP contribution in [0.4, 0.5) is 5.69 Å². The molecule has 0 aliphatic carbocycles. The summed E-state index contributed by atoms with van der Waals surface area (Å²) in [5.74, 6) is -0.921. The van der Waals surface area contributed by atoms with Crippen LogP contribution in [-0.4, -0.2) is 29.6 Å². The van der Waals surface area contributed by atoms with Crippen LogP contribution in [0.25, 0.3) is 0 Å². The Balaban J connectivity index is 2.60. The third kappa shape index (κ3) is 7.88. The van der Waals surface area contributed by atoms with Gasteiger partial charge in [-0.05, 0) is 43.5 Å². The van der Waals surface area contributed by atoms with Crippen LogP contribution in [0.1, 0.15) is 51.5 Å². The first-order valence-electron chi connectivity index (χ1n) is 8.89. The highest BCUT2D eigenvalue weighted by molar-refractivity contribution is 6.31. The highest BCUT2D eigenvalue weighted by Gasteiger charge is 2.22. The van der Waals surface area contributed by atoms with Crippen molar-refractivity contribution in [1.29, 1.82) is 0 Å². The predicted octanol–water partition coefficient (Wildman–Crippen LogP) is 4.24. The number of unbranched alkanes of at least 4 members (excludes halogenated alkanes) is 1. The fraction of sp³-hybridized carbons (Fsp3) is 0.579. The molecule has 0 spiro atoms. The maximum Gasteiger partial charge on any atom is 0.321 e. The van der Waals surface area contributed by atoms with E-state index in [0.717, 1.165) is 31.2 Å². The zero-order valence-electron chi connectivity index (χ0n) is 15.3. The molecule has 2 unspecified atom stereocenters. The lowest BCUT2D eigenvalue weighted by Gasteiger charge is -2.20. The highest BCUT2D eigenvalue weighted by Crippen LogP contribution is 2.20. The molecular weight excluding hydrogens is 340 g/mol. The minimum absolute atomic E-state index is 0.120. The maximum atomic E-state index is 12.2. The van der Waals surface area contributed by atoms with E-state index in [4.69, 9.17) is 11.6 Å². The van der Waals surface area contributed by atoms with Crippen molar-refractivity contribution in [2.75, 3.05) is 11.9 Å². The van der Waals surface area contributed by atoms with E-state index in [0.29, 0.717) is 23.2 Å². The summed E-state index contributed by atoms with van der Waals surface area (Å²) in [6.07, 6.45) is 4.20. The van der Waals surface area contributed by atoms with Gasteiger partial charge >= 0.3 is 5.97 Å². The average molecular weight is 369 g/mol. The number of halogens is 1. The third-order valence-electron chi connectivity index (χ3n) is 4.36. The second-order valence-corrected chi connectivity index (χ2v) is 6.86. The molecule has 0 saturated heterocycles. The van der Waals surface area contributed by atoms with Gasteiger partial charge in [0.15, 0.2) is 0 Å². The Hall–Kier alpha value is -1.59. The monoisotopic (exact) mass is 368 g/mol. The first-order valence-corrected chi connectivity index (χ1v) is 9.27. The Morgan fingerprint density at radius 2 is 2.00 bits per heavy atom. The van der Waals surface area contributed by atoms with Crippen molar-refractivity contribution in [3.8, 4) is 0 Å². The summed E-state index contributed by atoms with van der Waals surface area (Å²) in [4.78, 5) is 23.7. The molecule has 0 aliphatic heterocycles. The number of carboxylic acids is 1. The van der Waals surface area contributed by atoms with Gasteiger partial charge in [0.25, 0.3) is 0 Å². The number of carboxylic acid groups (broad SMARTS) is 1. The van der Waals surface area contributed by atoms with E-state index in [-0.39, 0.29) is 12.3 Å². The Labute approximate surface area is 155 Å². The zero-order valence-corrected chi connectivity index (χ0v) is 16.0. The van der Waals surface area contributed by atoms with Crippen molar-refractivity contribution in [1.82, 2.24) is 5.32 Å². The molecule has 140 valence electrons. The van der Waals surface area contributed by atoms with Crippen molar-refractivity contribution in [2.45, 2.75) is 58.9 Å². The predicted molar refractivity (Wildman–Crippen MR) is 102 cm³/mol. The van der Waals surface area contributed by atoms with Crippen LogP contribution >= 0.6 is 11.6 Å². The number of aliphatic carboxylic acids is 1. The Morgan fingerprint density at radius 3 is 2.60 bits per heavy atom. The number of rotatable bonds is 11. The van der Waals surface area contributed by atoms with Gasteiger partial charge in [-0.15, -0.1) is 0 Å². The summed E-state index contributed by atoms with van der Waals surface area (Å²) in [5, 5.41) is 15.7. The lowest BCUT2D eigenvalue weighted by molar-refractivity contribution is -0.141. The standard InChI is InChI=1S/C19H29ClN2O3/c1-4-6-7-14(5-2)12-21-17(19(24)25)11-18(23)22-16-10-15(20)9-8-13(16)3/h8-10,14,17,21H,4-7,11-12H2,1-3H3,(H,22,23)(H,24,25). The molecule has 0 aliphatic rings. The normalized spacial score (nSPS) is 13.3. The fourth-order valence-corrected chi connectivity index (χ4v) is 2.79. The van der Waals surface area contributed by atoms with Gasteiger partial charge in [-0.2, -0.15) is 0 Å². The van der Waals surface area contributed by atoms with Gasteiger partial charge in [0.1, 0.15) is 6.04 Å². The molecule has 2 atom stereocenters. The summed E-state index contributed by atoms with van der Waals surface area (Å²) in [5.41, 5.74) is 1.49. The van der Waals surface area contributed by atoms with Crippen LogP contribution in [0.15, 0.2) is 18.2 Å². The Kier molecular flexibility index (Phi) is 9.53. The number of hydrogen-bond donors (Lipinski definition) is 3. The van der Waals surface area contributed by atoms with E-state index in [2.05, 4.69) is 24.5 Å². The molecule has 1 amide bonds. The van der Waals surface area contributed by atoms with Crippen molar-refractivity contribution < 1.29 is 14.7 Å². The third-order valence-corrected chi connectivity index (χ3v) is 4.59. The van der Waals surface area contributed by atoms with Gasteiger partial charge in [0.05, 0.1) is 6.42 Å². The summed E-state index contributed by atoms with van der Waals surface area (Å²) < 4.78 is 0. The molecule has 0 bridgehead atoms. The van der Waals surface area contributed by atoms with Crippen LogP contribution in [0, 0.1) is 12.8 Å². The first-order chi connectivity index (χ1) is 11.9. The zero-order chi connectivity index (χ0) is 18.8. The molecule has 1 aromatic rings. The number of carbonyl (C=O) groups is 2. The second-order valence-electron chi connectivity index (χ2n) is 6.43. The van der Waals surface area contributed by atoms with Crippen LogP contribution in [-0.2, 0) is 9.59 Å². The summed E-state index contributed by atoms with van der Waals surface area (Å²) >= 11 is 5.94. The number of carbonyl (C=O) groups excluding carboxylic acids is 1. The molecule has 0 radical (unpaired) electrons. The van der Waals surface area contributed by atoms with Gasteiger partial charge in [-0.1, -0.05) is 50.8 Å². The molecule has 6 heteroatoms. The first kappa shape index (κ1) is 21.5. The topological polar surface area (TPSA) is 78.4 Å². The van der Waals surface area contributed by atoms with Crippen molar-refractivity contribution >= 4 is 29.2 Å². The number of nitrogens with one attached hydrogen (secondary N) is 2. The minimum atomic E-state index is -1.01. The van der Waals surface area contributed by atoms with Crippen LogP contribution in [0.2, 0.25) is 5.02 Å². The lowest BCUT2D eigenvalue weighted by atomic mass is 9.99. The van der Waals surface area contributed by atoms with Crippen molar-refractivity contribution in [3.05, 3.63) is 28.8 Å². The number of benzene rings is 1. The van der Waals surface area contributed by atoms with Crippen LogP contribution in [0.3, 0.4) is 0 Å². The van der Waals surface area contributed by atoms with E-state index >= 15 is 0 Å². The van der Waals surface area contributed by atoms with Gasteiger partial charge in [-0.3, -0.25) is 9.59 Å². The van der Waals surface area contributed by atoms with E-state index in [9.17, 15) is 14.7 Å². The molecule has 1 rings (SSSR count). The lowest BCUT2D eigenvalue weighted by Crippen LogP contribution is -2.42. The molecule has 25 heavy (non-hydrogen) atoms. The van der Waals surface area contributed by atoms with E-state index in [1.54, 1.807) is 12.1 Å². The average Bonchev–Trinajstić information content (AvgIpc) is 2.57. The van der Waals surface area contributed by atoms with Gasteiger partial charge in [0, 0.05) is 10.7 Å². The highest BCUT2D eigenvalue weighted by atomic mass is 35.5. The Morgan fingerprint density at radius 1 is 1.28 bits per heavy atom. The van der Waals surface area contributed by atoms with Crippen molar-refractivity contribution in [3.63, 3.8) is 0 Å². The number of amides is 1. The molecular formula is C19H29ClN2O3. The van der Waals surface area contributed by atoms with E-state index in [1.807, 2.05) is 13.0 Å². The largest absolute Gasteiger partial charge is 0.480 e. The molecule has 3 N–H and O–H groups in total. The quantitative estimate of drug-likeness (QED) is 0.546. The SMILES string of the molecule is CCCCC(CC)CNC(CC(=O)Nc1cc(Cl)ccc1C)C(=O)O. The smallest absolute Gasteiger partial charge is 0.321 e. The molecule has 0 aromatic heterocycles. The van der Waals surface area contributed by atoms with E-state index < -0.39 is 12.0 Å². The van der Waals surface area contributed by atoms with Crippen LogP contribution in [0.5, 0.6) is 0 Å². The molecule has 0 saturated carbocycles. The van der Waals surface area contributed by atoms with Crippen molar-refractivity contribution in [2.24, 2.45) is 5.92 Å². The van der Waals surface area contributed by atoms with Gasteiger partial charge < -0.3 is 15.7 Å². The summed E-state index contributed by atoms with van der Waals surface area (Å²) in [6.45, 7) is 6.71. The van der Waals surface area contributed by atoms with E-state index in [1.165, 1.54) is 0 Å². The number of anilines is 1. The Bertz CT molecular complexity index is 578. The van der Waals surface area contributed by atoms with Gasteiger partial charge in [0.2, 0.25) is 5.91 Å². The molecule has 0 heterocycles. The molecule has 5 nitrogen and oxygen atoms in total. The molecule has 1 aromatic carbocycles. The fourth-order valence-electron chi connectivity index (χ4n) is 2.61. The van der Waals surface area contributed by atoms with Gasteiger partial charge in [-0.25, -0.2) is 0 Å². The van der Waals surface area contributed by atoms with Crippen LogP contribution < -0.4 is 10.6 Å². The number of hydrogen-bond acceptors (Lipinski definition) is 3. The summed E-state index contributed by atoms with van der Waals surface area (Å²) in [6, 6.07) is 4.32.